The predicted octanol–water partition coefficient (Wildman–Crippen LogP) is 1.96. The van der Waals surface area contributed by atoms with Gasteiger partial charge < -0.3 is 5.11 Å². The molecule has 0 amide bonds. The molecule has 72 valence electrons. The molecular formula is C8H8F3NO. The molecule has 0 unspecified atom stereocenters. The third-order valence-corrected chi connectivity index (χ3v) is 1.82. The van der Waals surface area contributed by atoms with Gasteiger partial charge in [-0.05, 0) is 12.5 Å². The molecule has 0 atom stereocenters. The van der Waals surface area contributed by atoms with Crippen molar-refractivity contribution in [3.05, 3.63) is 28.8 Å². The van der Waals surface area contributed by atoms with Crippen molar-refractivity contribution in [3.8, 4) is 0 Å². The first kappa shape index (κ1) is 9.98. The lowest BCUT2D eigenvalue weighted by atomic mass is 10.1. The Balaban J connectivity index is 3.30. The topological polar surface area (TPSA) is 33.1 Å². The standard InChI is InChI=1S/C8H8F3NO/c1-4-6(3-13)5(7(9)10)2-12-8(4)11/h2,7,13H,3H2,1H3. The van der Waals surface area contributed by atoms with Gasteiger partial charge in [-0.15, -0.1) is 0 Å². The van der Waals surface area contributed by atoms with E-state index in [1.54, 1.807) is 0 Å². The number of hydrogen-bond donors (Lipinski definition) is 1. The molecule has 0 saturated heterocycles. The molecule has 0 spiro atoms. The molecule has 5 heteroatoms. The third-order valence-electron chi connectivity index (χ3n) is 1.82. The molecule has 1 aromatic rings. The Bertz CT molecular complexity index is 315. The first-order chi connectivity index (χ1) is 6.07. The highest BCUT2D eigenvalue weighted by atomic mass is 19.3. The van der Waals surface area contributed by atoms with Crippen LogP contribution in [0.25, 0.3) is 0 Å². The van der Waals surface area contributed by atoms with Crippen molar-refractivity contribution in [2.75, 3.05) is 0 Å². The molecule has 13 heavy (non-hydrogen) atoms. The van der Waals surface area contributed by atoms with Crippen LogP contribution < -0.4 is 0 Å². The number of rotatable bonds is 2. The molecule has 0 fully saturated rings. The maximum absolute atomic E-state index is 12.7. The molecule has 0 saturated carbocycles. The van der Waals surface area contributed by atoms with Crippen LogP contribution in [0.5, 0.6) is 0 Å². The Morgan fingerprint density at radius 1 is 1.54 bits per heavy atom. The van der Waals surface area contributed by atoms with E-state index in [-0.39, 0.29) is 11.1 Å². The average molecular weight is 191 g/mol. The molecule has 0 radical (unpaired) electrons. The van der Waals surface area contributed by atoms with Crippen molar-refractivity contribution in [3.63, 3.8) is 0 Å². The Labute approximate surface area is 73.0 Å². The van der Waals surface area contributed by atoms with E-state index < -0.39 is 24.5 Å². The molecule has 0 aliphatic heterocycles. The molecule has 0 bridgehead atoms. The number of nitrogens with zero attached hydrogens (tertiary/aromatic N) is 1. The normalized spacial score (nSPS) is 10.9. The van der Waals surface area contributed by atoms with E-state index in [9.17, 15) is 13.2 Å². The van der Waals surface area contributed by atoms with E-state index in [0.29, 0.717) is 0 Å². The number of aliphatic hydroxyl groups excluding tert-OH is 1. The van der Waals surface area contributed by atoms with E-state index >= 15 is 0 Å². The van der Waals surface area contributed by atoms with Crippen LogP contribution in [-0.2, 0) is 6.61 Å². The van der Waals surface area contributed by atoms with Crippen LogP contribution in [0, 0.1) is 12.9 Å². The second kappa shape index (κ2) is 3.74. The first-order valence-electron chi connectivity index (χ1n) is 3.60. The molecule has 0 aliphatic carbocycles. The van der Waals surface area contributed by atoms with Gasteiger partial charge in [-0.2, -0.15) is 4.39 Å². The van der Waals surface area contributed by atoms with Crippen molar-refractivity contribution in [1.29, 1.82) is 0 Å². The van der Waals surface area contributed by atoms with Crippen LogP contribution in [0.1, 0.15) is 23.1 Å². The fourth-order valence-electron chi connectivity index (χ4n) is 1.04. The zero-order valence-corrected chi connectivity index (χ0v) is 6.89. The van der Waals surface area contributed by atoms with Crippen molar-refractivity contribution in [2.45, 2.75) is 20.0 Å². The van der Waals surface area contributed by atoms with Gasteiger partial charge in [0, 0.05) is 17.3 Å². The number of halogens is 3. The van der Waals surface area contributed by atoms with Crippen molar-refractivity contribution >= 4 is 0 Å². The summed E-state index contributed by atoms with van der Waals surface area (Å²) in [6.45, 7) is 0.699. The maximum atomic E-state index is 12.7. The Morgan fingerprint density at radius 3 is 2.62 bits per heavy atom. The molecule has 2 nitrogen and oxygen atoms in total. The van der Waals surface area contributed by atoms with Gasteiger partial charge in [-0.25, -0.2) is 13.8 Å². The number of pyridine rings is 1. The fourth-order valence-corrected chi connectivity index (χ4v) is 1.04. The molecule has 0 aliphatic rings. The summed E-state index contributed by atoms with van der Waals surface area (Å²) < 4.78 is 37.2. The lowest BCUT2D eigenvalue weighted by molar-refractivity contribution is 0.146. The van der Waals surface area contributed by atoms with Gasteiger partial charge in [-0.1, -0.05) is 0 Å². The number of aliphatic hydroxyl groups is 1. The summed E-state index contributed by atoms with van der Waals surface area (Å²) in [6.07, 6.45) is -1.99. The van der Waals surface area contributed by atoms with Crippen LogP contribution >= 0.6 is 0 Å². The minimum absolute atomic E-state index is 0.0275. The predicted molar refractivity (Wildman–Crippen MR) is 39.8 cm³/mol. The highest BCUT2D eigenvalue weighted by Gasteiger charge is 2.17. The molecular weight excluding hydrogens is 183 g/mol. The van der Waals surface area contributed by atoms with E-state index in [2.05, 4.69) is 4.98 Å². The lowest BCUT2D eigenvalue weighted by Gasteiger charge is -2.08. The summed E-state index contributed by atoms with van der Waals surface area (Å²) in [5.74, 6) is -0.826. The lowest BCUT2D eigenvalue weighted by Crippen LogP contribution is -2.02. The third kappa shape index (κ3) is 1.80. The van der Waals surface area contributed by atoms with Crippen molar-refractivity contribution < 1.29 is 18.3 Å². The highest BCUT2D eigenvalue weighted by Crippen LogP contribution is 2.25. The number of aromatic nitrogens is 1. The van der Waals surface area contributed by atoms with E-state index in [0.717, 1.165) is 6.20 Å². The highest BCUT2D eigenvalue weighted by molar-refractivity contribution is 5.31. The second-order valence-corrected chi connectivity index (χ2v) is 2.57. The van der Waals surface area contributed by atoms with Crippen LogP contribution in [0.15, 0.2) is 6.20 Å². The first-order valence-corrected chi connectivity index (χ1v) is 3.60. The maximum Gasteiger partial charge on any atom is 0.265 e. The van der Waals surface area contributed by atoms with Crippen molar-refractivity contribution in [1.82, 2.24) is 4.98 Å². The summed E-state index contributed by atoms with van der Waals surface area (Å²) in [5.41, 5.74) is -0.524. The fraction of sp³-hybridized carbons (Fsp3) is 0.375. The smallest absolute Gasteiger partial charge is 0.265 e. The van der Waals surface area contributed by atoms with Gasteiger partial charge >= 0.3 is 0 Å². The average Bonchev–Trinajstić information content (AvgIpc) is 2.09. The van der Waals surface area contributed by atoms with Crippen molar-refractivity contribution in [2.24, 2.45) is 0 Å². The number of hydrogen-bond acceptors (Lipinski definition) is 2. The summed E-state index contributed by atoms with van der Waals surface area (Å²) in [4.78, 5) is 3.15. The zero-order valence-electron chi connectivity index (χ0n) is 6.89. The van der Waals surface area contributed by atoms with E-state index in [1.165, 1.54) is 6.92 Å². The largest absolute Gasteiger partial charge is 0.392 e. The minimum atomic E-state index is -2.74. The molecule has 0 aromatic carbocycles. The second-order valence-electron chi connectivity index (χ2n) is 2.57. The van der Waals surface area contributed by atoms with Gasteiger partial charge in [0.25, 0.3) is 6.43 Å². The van der Waals surface area contributed by atoms with E-state index in [4.69, 9.17) is 5.11 Å². The number of alkyl halides is 2. The summed E-state index contributed by atoms with van der Waals surface area (Å²) in [7, 11) is 0. The van der Waals surface area contributed by atoms with Crippen LogP contribution in [0.4, 0.5) is 13.2 Å². The molecule has 1 N–H and O–H groups in total. The van der Waals surface area contributed by atoms with E-state index in [1.807, 2.05) is 0 Å². The van der Waals surface area contributed by atoms with Gasteiger partial charge in [0.05, 0.1) is 6.61 Å². The monoisotopic (exact) mass is 191 g/mol. The summed E-state index contributed by atoms with van der Waals surface area (Å²) >= 11 is 0. The Kier molecular flexibility index (Phi) is 2.87. The van der Waals surface area contributed by atoms with Gasteiger partial charge in [0.2, 0.25) is 5.95 Å². The molecule has 1 rings (SSSR count). The SMILES string of the molecule is Cc1c(F)ncc(C(F)F)c1CO. The summed E-state index contributed by atoms with van der Waals surface area (Å²) in [5, 5.41) is 8.74. The van der Waals surface area contributed by atoms with Crippen LogP contribution in [-0.4, -0.2) is 10.1 Å². The van der Waals surface area contributed by atoms with Gasteiger partial charge in [0.1, 0.15) is 0 Å². The quantitative estimate of drug-likeness (QED) is 0.725. The zero-order chi connectivity index (χ0) is 10.0. The summed E-state index contributed by atoms with van der Waals surface area (Å²) in [6, 6.07) is 0. The van der Waals surface area contributed by atoms with Crippen LogP contribution in [0.2, 0.25) is 0 Å². The van der Waals surface area contributed by atoms with Gasteiger partial charge in [-0.3, -0.25) is 0 Å². The Morgan fingerprint density at radius 2 is 2.15 bits per heavy atom. The minimum Gasteiger partial charge on any atom is -0.392 e. The molecule has 1 aromatic heterocycles. The van der Waals surface area contributed by atoms with Gasteiger partial charge in [0.15, 0.2) is 0 Å². The Hall–Kier alpha value is -1.10. The molecule has 1 heterocycles. The van der Waals surface area contributed by atoms with Crippen LogP contribution in [0.3, 0.4) is 0 Å².